The molecule has 2 aromatic carbocycles. The first-order valence-electron chi connectivity index (χ1n) is 9.50. The lowest BCUT2D eigenvalue weighted by Crippen LogP contribution is -2.32. The molecule has 0 radical (unpaired) electrons. The number of aliphatic carboxylic acids is 2. The Morgan fingerprint density at radius 3 is 2.33 bits per heavy atom. The average molecular weight is 412 g/mol. The number of aromatic nitrogens is 1. The third-order valence-corrected chi connectivity index (χ3v) is 5.19. The van der Waals surface area contributed by atoms with Gasteiger partial charge in [0.25, 0.3) is 0 Å². The number of hydrogen-bond acceptors (Lipinski definition) is 5. The molecule has 0 fully saturated rings. The molecule has 0 aliphatic carbocycles. The highest BCUT2D eigenvalue weighted by Gasteiger charge is 2.33. The van der Waals surface area contributed by atoms with Crippen LogP contribution in [-0.2, 0) is 22.6 Å². The second-order valence-corrected chi connectivity index (χ2v) is 7.25. The maximum atomic E-state index is 11.4. The molecule has 8 nitrogen and oxygen atoms in total. The number of H-pyrrole nitrogens is 1. The molecule has 2 unspecified atom stereocenters. The number of carboxylic acids is 2. The molecule has 5 N–H and O–H groups in total. The van der Waals surface area contributed by atoms with E-state index >= 15 is 0 Å². The number of aliphatic hydroxyl groups excluding tert-OH is 1. The van der Waals surface area contributed by atoms with E-state index in [1.807, 2.05) is 31.2 Å². The van der Waals surface area contributed by atoms with Gasteiger partial charge in [0.1, 0.15) is 5.92 Å². The van der Waals surface area contributed by atoms with E-state index in [9.17, 15) is 25.0 Å². The SMILES string of the molecule is Cc1[nH]c2ccccc2c1CCN(O)Cc1ccc(C(C(=O)O)C(O)C(=O)O)cc1. The summed E-state index contributed by atoms with van der Waals surface area (Å²) in [4.78, 5) is 25.6. The molecule has 0 spiro atoms. The molecule has 1 heterocycles. The molecule has 8 heteroatoms. The zero-order chi connectivity index (χ0) is 21.8. The number of hydroxylamine groups is 2. The normalized spacial score (nSPS) is 13.5. The first-order chi connectivity index (χ1) is 14.3. The number of nitrogens with zero attached hydrogens (tertiary/aromatic N) is 1. The summed E-state index contributed by atoms with van der Waals surface area (Å²) >= 11 is 0. The molecule has 158 valence electrons. The Kier molecular flexibility index (Phi) is 6.51. The third-order valence-electron chi connectivity index (χ3n) is 5.19. The van der Waals surface area contributed by atoms with Crippen molar-refractivity contribution in [2.45, 2.75) is 31.9 Å². The molecule has 0 aliphatic heterocycles. The van der Waals surface area contributed by atoms with Crippen molar-refractivity contribution in [3.63, 3.8) is 0 Å². The lowest BCUT2D eigenvalue weighted by Gasteiger charge is -2.18. The van der Waals surface area contributed by atoms with Gasteiger partial charge in [-0.25, -0.2) is 4.79 Å². The number of aliphatic hydroxyl groups is 1. The highest BCUT2D eigenvalue weighted by Crippen LogP contribution is 2.23. The van der Waals surface area contributed by atoms with Crippen molar-refractivity contribution in [1.29, 1.82) is 0 Å². The summed E-state index contributed by atoms with van der Waals surface area (Å²) in [7, 11) is 0. The van der Waals surface area contributed by atoms with E-state index in [0.717, 1.165) is 27.7 Å². The predicted octanol–water partition coefficient (Wildman–Crippen LogP) is 2.52. The van der Waals surface area contributed by atoms with Gasteiger partial charge in [-0.15, -0.1) is 0 Å². The first-order valence-corrected chi connectivity index (χ1v) is 9.50. The van der Waals surface area contributed by atoms with Gasteiger partial charge in [0.2, 0.25) is 0 Å². The van der Waals surface area contributed by atoms with E-state index in [4.69, 9.17) is 5.11 Å². The predicted molar refractivity (Wildman–Crippen MR) is 109 cm³/mol. The molecule has 2 atom stereocenters. The molecule has 0 bridgehead atoms. The van der Waals surface area contributed by atoms with Gasteiger partial charge in [0.05, 0.1) is 0 Å². The zero-order valence-electron chi connectivity index (χ0n) is 16.4. The Hall–Kier alpha value is -3.20. The quantitative estimate of drug-likeness (QED) is 0.341. The van der Waals surface area contributed by atoms with Crippen LogP contribution in [0.25, 0.3) is 10.9 Å². The molecule has 0 saturated heterocycles. The minimum absolute atomic E-state index is 0.181. The van der Waals surface area contributed by atoms with Gasteiger partial charge in [0, 0.05) is 29.7 Å². The Morgan fingerprint density at radius 1 is 1.03 bits per heavy atom. The molecule has 1 aromatic heterocycles. The second-order valence-electron chi connectivity index (χ2n) is 7.25. The van der Waals surface area contributed by atoms with Crippen LogP contribution in [0.3, 0.4) is 0 Å². The second kappa shape index (κ2) is 9.08. The number of carboxylic acid groups (broad SMARTS) is 2. The van der Waals surface area contributed by atoms with Crippen molar-refractivity contribution in [1.82, 2.24) is 10.0 Å². The van der Waals surface area contributed by atoms with Gasteiger partial charge in [-0.3, -0.25) is 4.79 Å². The lowest BCUT2D eigenvalue weighted by molar-refractivity contribution is -0.155. The van der Waals surface area contributed by atoms with Crippen molar-refractivity contribution in [3.05, 3.63) is 70.9 Å². The van der Waals surface area contributed by atoms with Crippen LogP contribution < -0.4 is 0 Å². The van der Waals surface area contributed by atoms with E-state index < -0.39 is 24.0 Å². The smallest absolute Gasteiger partial charge is 0.333 e. The summed E-state index contributed by atoms with van der Waals surface area (Å²) in [5, 5.41) is 40.4. The average Bonchev–Trinajstić information content (AvgIpc) is 3.02. The molecule has 0 saturated carbocycles. The number of para-hydroxylation sites is 1. The standard InChI is InChI=1S/C22H24N2O6/c1-13-16(17-4-2-3-5-18(17)23-13)10-11-24(30)12-14-6-8-15(9-7-14)19(21(26)27)20(25)22(28)29/h2-9,19-20,23,25,30H,10-12H2,1H3,(H,26,27)(H,28,29). The molecule has 0 amide bonds. The Morgan fingerprint density at radius 2 is 1.70 bits per heavy atom. The summed E-state index contributed by atoms with van der Waals surface area (Å²) in [5.74, 6) is -4.58. The van der Waals surface area contributed by atoms with Crippen LogP contribution in [0.4, 0.5) is 0 Å². The van der Waals surface area contributed by atoms with Gasteiger partial charge in [-0.05, 0) is 36.1 Å². The van der Waals surface area contributed by atoms with Crippen molar-refractivity contribution in [2.75, 3.05) is 6.54 Å². The number of aromatic amines is 1. The monoisotopic (exact) mass is 412 g/mol. The number of hydrogen-bond donors (Lipinski definition) is 5. The number of nitrogens with one attached hydrogen (secondary N) is 1. The van der Waals surface area contributed by atoms with Crippen molar-refractivity contribution < 1.29 is 30.1 Å². The maximum absolute atomic E-state index is 11.4. The van der Waals surface area contributed by atoms with Crippen LogP contribution in [0.5, 0.6) is 0 Å². The Bertz CT molecular complexity index is 1040. The van der Waals surface area contributed by atoms with Gasteiger partial charge in [-0.2, -0.15) is 5.06 Å². The van der Waals surface area contributed by atoms with Gasteiger partial charge < -0.3 is 25.5 Å². The van der Waals surface area contributed by atoms with Crippen molar-refractivity contribution in [3.8, 4) is 0 Å². The van der Waals surface area contributed by atoms with Crippen LogP contribution in [0.2, 0.25) is 0 Å². The molecule has 3 rings (SSSR count). The summed E-state index contributed by atoms with van der Waals surface area (Å²) in [6.45, 7) is 2.63. The highest BCUT2D eigenvalue weighted by molar-refractivity contribution is 5.86. The van der Waals surface area contributed by atoms with Gasteiger partial charge >= 0.3 is 11.9 Å². The van der Waals surface area contributed by atoms with Crippen LogP contribution in [0.1, 0.15) is 28.3 Å². The summed E-state index contributed by atoms with van der Waals surface area (Å²) in [5.41, 5.74) is 4.17. The molecule has 30 heavy (non-hydrogen) atoms. The fourth-order valence-corrected chi connectivity index (χ4v) is 3.62. The largest absolute Gasteiger partial charge is 0.481 e. The maximum Gasteiger partial charge on any atom is 0.333 e. The van der Waals surface area contributed by atoms with Crippen LogP contribution in [0, 0.1) is 6.92 Å². The van der Waals surface area contributed by atoms with E-state index in [1.54, 1.807) is 12.1 Å². The van der Waals surface area contributed by atoms with E-state index in [1.165, 1.54) is 17.2 Å². The van der Waals surface area contributed by atoms with E-state index in [0.29, 0.717) is 13.0 Å². The van der Waals surface area contributed by atoms with E-state index in [2.05, 4.69) is 4.98 Å². The minimum Gasteiger partial charge on any atom is -0.481 e. The van der Waals surface area contributed by atoms with E-state index in [-0.39, 0.29) is 12.1 Å². The number of aryl methyl sites for hydroxylation is 1. The van der Waals surface area contributed by atoms with Crippen LogP contribution >= 0.6 is 0 Å². The Labute approximate surface area is 173 Å². The fraction of sp³-hybridized carbons (Fsp3) is 0.273. The first kappa shape index (κ1) is 21.5. The Balaban J connectivity index is 1.64. The van der Waals surface area contributed by atoms with Crippen molar-refractivity contribution in [2.24, 2.45) is 0 Å². The van der Waals surface area contributed by atoms with Crippen molar-refractivity contribution >= 4 is 22.8 Å². The molecular formula is C22H24N2O6. The third kappa shape index (κ3) is 4.68. The number of fused-ring (bicyclic) bond motifs is 1. The number of benzene rings is 2. The number of rotatable bonds is 9. The van der Waals surface area contributed by atoms with Crippen LogP contribution in [0.15, 0.2) is 48.5 Å². The summed E-state index contributed by atoms with van der Waals surface area (Å²) in [6, 6.07) is 14.1. The molecule has 3 aromatic rings. The van der Waals surface area contributed by atoms with Gasteiger partial charge in [0.15, 0.2) is 6.10 Å². The summed E-state index contributed by atoms with van der Waals surface area (Å²) in [6.07, 6.45) is -1.39. The highest BCUT2D eigenvalue weighted by atomic mass is 16.5. The fourth-order valence-electron chi connectivity index (χ4n) is 3.62. The van der Waals surface area contributed by atoms with Crippen LogP contribution in [-0.4, -0.2) is 55.2 Å². The minimum atomic E-state index is -2.04. The lowest BCUT2D eigenvalue weighted by atomic mass is 9.92. The topological polar surface area (TPSA) is 134 Å². The van der Waals surface area contributed by atoms with Gasteiger partial charge in [-0.1, -0.05) is 42.5 Å². The molecule has 0 aliphatic rings. The molecular weight excluding hydrogens is 388 g/mol. The summed E-state index contributed by atoms with van der Waals surface area (Å²) < 4.78 is 0. The zero-order valence-corrected chi connectivity index (χ0v) is 16.4. The number of carbonyl (C=O) groups is 2.